The van der Waals surface area contributed by atoms with Crippen molar-refractivity contribution in [1.29, 1.82) is 0 Å². The molecule has 4 rings (SSSR count). The minimum atomic E-state index is -4.87. The van der Waals surface area contributed by atoms with Crippen LogP contribution in [0.25, 0.3) is 10.9 Å². The molecule has 0 saturated carbocycles. The zero-order valence-corrected chi connectivity index (χ0v) is 17.2. The molecule has 162 valence electrons. The van der Waals surface area contributed by atoms with E-state index in [9.17, 15) is 18.0 Å². The van der Waals surface area contributed by atoms with Crippen LogP contribution in [0.3, 0.4) is 0 Å². The summed E-state index contributed by atoms with van der Waals surface area (Å²) in [6.45, 7) is 0.460. The van der Waals surface area contributed by atoms with E-state index in [-0.39, 0.29) is 19.5 Å². The molecule has 5 nitrogen and oxygen atoms in total. The molecule has 2 aromatic carbocycles. The zero-order chi connectivity index (χ0) is 22.0. The number of pyridine rings is 1. The quantitative estimate of drug-likeness (QED) is 0.577. The van der Waals surface area contributed by atoms with Crippen LogP contribution in [0, 0.1) is 0 Å². The maximum absolute atomic E-state index is 12.8. The molecule has 9 heteroatoms. The number of nitrogens with one attached hydrogen (secondary N) is 2. The third-order valence-corrected chi connectivity index (χ3v) is 5.70. The molecule has 1 amide bonds. The van der Waals surface area contributed by atoms with Gasteiger partial charge in [-0.2, -0.15) is 13.2 Å². The number of rotatable bonds is 4. The van der Waals surface area contributed by atoms with E-state index in [1.807, 2.05) is 30.3 Å². The number of alkyl halides is 3. The second-order valence-corrected chi connectivity index (χ2v) is 7.73. The lowest BCUT2D eigenvalue weighted by Crippen LogP contribution is -2.42. The molecular weight excluding hydrogens is 429 g/mol. The number of nitrogens with zero attached hydrogens (tertiary/aromatic N) is 2. The molecule has 0 radical (unpaired) electrons. The van der Waals surface area contributed by atoms with Crippen LogP contribution in [-0.2, 0) is 24.2 Å². The molecule has 0 aliphatic carbocycles. The number of carbonyl (C=O) groups excluding carboxylic acids is 1. The predicted octanol–water partition coefficient (Wildman–Crippen LogP) is 4.49. The number of halogens is 4. The molecule has 2 heterocycles. The van der Waals surface area contributed by atoms with Crippen LogP contribution in [0.5, 0.6) is 0 Å². The third kappa shape index (κ3) is 4.60. The molecule has 0 fully saturated rings. The third-order valence-electron chi connectivity index (χ3n) is 5.38. The lowest BCUT2D eigenvalue weighted by atomic mass is 10.0. The van der Waals surface area contributed by atoms with Crippen molar-refractivity contribution >= 4 is 34.1 Å². The van der Waals surface area contributed by atoms with Crippen LogP contribution in [0.15, 0.2) is 48.7 Å². The van der Waals surface area contributed by atoms with Crippen LogP contribution in [0.4, 0.5) is 18.9 Å². The van der Waals surface area contributed by atoms with Gasteiger partial charge in [-0.1, -0.05) is 41.9 Å². The minimum Gasteiger partial charge on any atom is -0.334 e. The topological polar surface area (TPSA) is 57.3 Å². The van der Waals surface area contributed by atoms with Gasteiger partial charge in [-0.3, -0.25) is 9.78 Å². The number of hydrogen-bond acceptors (Lipinski definition) is 4. The van der Waals surface area contributed by atoms with Crippen LogP contribution >= 0.6 is 11.6 Å². The smallest absolute Gasteiger partial charge is 0.334 e. The summed E-state index contributed by atoms with van der Waals surface area (Å²) in [6, 6.07) is 13.3. The fraction of sp³-hybridized carbons (Fsp3) is 0.273. The number of hydrazine groups is 1. The highest BCUT2D eigenvalue weighted by Gasteiger charge is 2.42. The van der Waals surface area contributed by atoms with Crippen molar-refractivity contribution in [3.8, 4) is 0 Å². The minimum absolute atomic E-state index is 0.0154. The molecule has 1 aliphatic rings. The fourth-order valence-electron chi connectivity index (χ4n) is 3.85. The number of aromatic nitrogens is 1. The van der Waals surface area contributed by atoms with Crippen LogP contribution in [0.2, 0.25) is 5.02 Å². The number of para-hydroxylation sites is 1. The Morgan fingerprint density at radius 3 is 2.68 bits per heavy atom. The number of benzene rings is 2. The zero-order valence-electron chi connectivity index (χ0n) is 16.5. The Kier molecular flexibility index (Phi) is 6.02. The largest absolute Gasteiger partial charge is 0.471 e. The van der Waals surface area contributed by atoms with Gasteiger partial charge in [0.05, 0.1) is 16.2 Å². The van der Waals surface area contributed by atoms with Crippen molar-refractivity contribution < 1.29 is 18.0 Å². The van der Waals surface area contributed by atoms with Gasteiger partial charge >= 0.3 is 12.1 Å². The molecule has 31 heavy (non-hydrogen) atoms. The van der Waals surface area contributed by atoms with Gasteiger partial charge in [0.1, 0.15) is 0 Å². The lowest BCUT2D eigenvalue weighted by molar-refractivity contribution is -0.185. The van der Waals surface area contributed by atoms with Crippen LogP contribution < -0.4 is 10.9 Å². The number of carbonyl (C=O) groups is 1. The normalized spacial score (nSPS) is 14.3. The molecule has 2 N–H and O–H groups in total. The SMILES string of the molecule is O=C(N1CCc2ccc(Cl)c(NNCc3cccc4cccnc34)c2CC1)C(F)(F)F. The molecule has 0 saturated heterocycles. The summed E-state index contributed by atoms with van der Waals surface area (Å²) in [6.07, 6.45) is -2.53. The molecule has 0 bridgehead atoms. The molecule has 0 atom stereocenters. The summed E-state index contributed by atoms with van der Waals surface area (Å²) in [5, 5.41) is 1.49. The monoisotopic (exact) mass is 448 g/mol. The number of anilines is 1. The first-order chi connectivity index (χ1) is 14.8. The molecule has 0 spiro atoms. The van der Waals surface area contributed by atoms with Gasteiger partial charge in [0, 0.05) is 31.2 Å². The van der Waals surface area contributed by atoms with Gasteiger partial charge in [0.2, 0.25) is 0 Å². The van der Waals surface area contributed by atoms with Crippen LogP contribution in [0.1, 0.15) is 16.7 Å². The summed E-state index contributed by atoms with van der Waals surface area (Å²) >= 11 is 6.39. The lowest BCUT2D eigenvalue weighted by Gasteiger charge is -2.21. The van der Waals surface area contributed by atoms with Gasteiger partial charge in [-0.05, 0) is 41.7 Å². The van der Waals surface area contributed by atoms with Crippen molar-refractivity contribution in [2.24, 2.45) is 0 Å². The van der Waals surface area contributed by atoms with Crippen molar-refractivity contribution in [3.63, 3.8) is 0 Å². The van der Waals surface area contributed by atoms with E-state index in [0.29, 0.717) is 23.7 Å². The van der Waals surface area contributed by atoms with Crippen molar-refractivity contribution in [2.75, 3.05) is 18.5 Å². The first kappa shape index (κ1) is 21.4. The Morgan fingerprint density at radius 1 is 1.10 bits per heavy atom. The predicted molar refractivity (Wildman–Crippen MR) is 114 cm³/mol. The van der Waals surface area contributed by atoms with Crippen molar-refractivity contribution in [1.82, 2.24) is 15.3 Å². The maximum Gasteiger partial charge on any atom is 0.471 e. The van der Waals surface area contributed by atoms with Gasteiger partial charge in [0.25, 0.3) is 0 Å². The second kappa shape index (κ2) is 8.72. The van der Waals surface area contributed by atoms with Gasteiger partial charge < -0.3 is 10.3 Å². The molecule has 1 aliphatic heterocycles. The fourth-order valence-corrected chi connectivity index (χ4v) is 4.08. The van der Waals surface area contributed by atoms with Crippen molar-refractivity contribution in [3.05, 3.63) is 70.4 Å². The van der Waals surface area contributed by atoms with E-state index in [1.165, 1.54) is 0 Å². The standard InChI is InChI=1S/C22H20ClF3N4O/c23-18-7-6-14-8-11-30(21(31)22(24,25)26)12-9-17(14)20(18)29-28-13-16-4-1-3-15-5-2-10-27-19(15)16/h1-7,10,28-29H,8-9,11-13H2. The Labute approximate surface area is 182 Å². The van der Waals surface area contributed by atoms with E-state index < -0.39 is 12.1 Å². The average molecular weight is 449 g/mol. The number of amides is 1. The molecule has 0 unspecified atom stereocenters. The Bertz CT molecular complexity index is 1110. The van der Waals surface area contributed by atoms with Crippen molar-refractivity contribution in [2.45, 2.75) is 25.6 Å². The average Bonchev–Trinajstić information content (AvgIpc) is 2.97. The van der Waals surface area contributed by atoms with Crippen LogP contribution in [-0.4, -0.2) is 35.1 Å². The first-order valence-electron chi connectivity index (χ1n) is 9.82. The van der Waals surface area contributed by atoms with Gasteiger partial charge in [-0.25, -0.2) is 5.43 Å². The summed E-state index contributed by atoms with van der Waals surface area (Å²) < 4.78 is 38.5. The summed E-state index contributed by atoms with van der Waals surface area (Å²) in [4.78, 5) is 16.9. The number of hydrogen-bond donors (Lipinski definition) is 2. The van der Waals surface area contributed by atoms with E-state index in [2.05, 4.69) is 15.8 Å². The molecular formula is C22H20ClF3N4O. The number of fused-ring (bicyclic) bond motifs is 2. The second-order valence-electron chi connectivity index (χ2n) is 7.32. The maximum atomic E-state index is 12.8. The van der Waals surface area contributed by atoms with Gasteiger partial charge in [-0.15, -0.1) is 0 Å². The highest BCUT2D eigenvalue weighted by molar-refractivity contribution is 6.33. The van der Waals surface area contributed by atoms with E-state index >= 15 is 0 Å². The Balaban J connectivity index is 1.50. The Morgan fingerprint density at radius 2 is 1.87 bits per heavy atom. The van der Waals surface area contributed by atoms with E-state index in [4.69, 9.17) is 11.6 Å². The van der Waals surface area contributed by atoms with Gasteiger partial charge in [0.15, 0.2) is 0 Å². The summed E-state index contributed by atoms with van der Waals surface area (Å²) in [5.74, 6) is -1.80. The Hall–Kier alpha value is -2.84. The van der Waals surface area contributed by atoms with E-state index in [1.54, 1.807) is 18.3 Å². The summed E-state index contributed by atoms with van der Waals surface area (Å²) in [7, 11) is 0. The van der Waals surface area contributed by atoms with E-state index in [0.717, 1.165) is 32.5 Å². The summed E-state index contributed by atoms with van der Waals surface area (Å²) in [5.41, 5.74) is 10.5. The highest BCUT2D eigenvalue weighted by atomic mass is 35.5. The molecule has 3 aromatic rings. The first-order valence-corrected chi connectivity index (χ1v) is 10.2. The highest BCUT2D eigenvalue weighted by Crippen LogP contribution is 2.32. The molecule has 1 aromatic heterocycles.